The number of aromatic nitrogens is 3. The van der Waals surface area contributed by atoms with Crippen LogP contribution in [0.1, 0.15) is 0 Å². The molecule has 0 spiro atoms. The van der Waals surface area contributed by atoms with E-state index in [0.717, 1.165) is 0 Å². The molecular formula is C9H9FN4. The number of hydrogen-bond donors (Lipinski definition) is 1. The molecule has 0 aliphatic carbocycles. The minimum absolute atomic E-state index is 0.156. The molecule has 0 saturated heterocycles. The lowest BCUT2D eigenvalue weighted by atomic mass is 10.2. The monoisotopic (exact) mass is 192 g/mol. The lowest BCUT2D eigenvalue weighted by molar-refractivity contribution is 0.628. The molecule has 0 bridgehead atoms. The Balaban J connectivity index is 2.61. The largest absolute Gasteiger partial charge is 0.383 e. The third kappa shape index (κ3) is 1.32. The number of hydrogen-bond acceptors (Lipinski definition) is 3. The Morgan fingerprint density at radius 1 is 1.43 bits per heavy atom. The van der Waals surface area contributed by atoms with Gasteiger partial charge in [-0.3, -0.25) is 4.68 Å². The number of aryl methyl sites for hydroxylation is 1. The van der Waals surface area contributed by atoms with Crippen LogP contribution in [0.25, 0.3) is 11.3 Å². The average molecular weight is 192 g/mol. The molecule has 2 rings (SSSR count). The van der Waals surface area contributed by atoms with Crippen molar-refractivity contribution in [1.29, 1.82) is 0 Å². The summed E-state index contributed by atoms with van der Waals surface area (Å²) in [5.41, 5.74) is 6.32. The molecule has 0 aliphatic heterocycles. The van der Waals surface area contributed by atoms with Crippen LogP contribution >= 0.6 is 0 Å². The lowest BCUT2D eigenvalue weighted by Crippen LogP contribution is -1.98. The minimum atomic E-state index is -0.406. The van der Waals surface area contributed by atoms with Gasteiger partial charge in [-0.2, -0.15) is 5.10 Å². The van der Waals surface area contributed by atoms with Crippen LogP contribution in [0, 0.1) is 5.82 Å². The van der Waals surface area contributed by atoms with Crippen molar-refractivity contribution in [3.05, 3.63) is 30.3 Å². The zero-order valence-electron chi connectivity index (χ0n) is 7.61. The Bertz CT molecular complexity index is 443. The summed E-state index contributed by atoms with van der Waals surface area (Å²) in [4.78, 5) is 3.81. The van der Waals surface area contributed by atoms with E-state index in [4.69, 9.17) is 5.73 Å². The molecule has 14 heavy (non-hydrogen) atoms. The van der Waals surface area contributed by atoms with E-state index >= 15 is 0 Å². The van der Waals surface area contributed by atoms with E-state index in [0.29, 0.717) is 5.69 Å². The smallest absolute Gasteiger partial charge is 0.137 e. The highest BCUT2D eigenvalue weighted by Gasteiger charge is 2.11. The van der Waals surface area contributed by atoms with Gasteiger partial charge in [-0.15, -0.1) is 0 Å². The van der Waals surface area contributed by atoms with Crippen molar-refractivity contribution in [2.24, 2.45) is 7.05 Å². The third-order valence-corrected chi connectivity index (χ3v) is 1.90. The first-order chi connectivity index (χ1) is 6.68. The van der Waals surface area contributed by atoms with E-state index in [-0.39, 0.29) is 11.4 Å². The quantitative estimate of drug-likeness (QED) is 0.738. The van der Waals surface area contributed by atoms with Crippen molar-refractivity contribution in [3.63, 3.8) is 0 Å². The fourth-order valence-electron chi connectivity index (χ4n) is 1.26. The van der Waals surface area contributed by atoms with Crippen molar-refractivity contribution in [2.75, 3.05) is 5.73 Å². The van der Waals surface area contributed by atoms with Crippen LogP contribution in [0.3, 0.4) is 0 Å². The topological polar surface area (TPSA) is 56.7 Å². The standard InChI is InChI=1S/C9H9FN4/c1-14-5-3-7(13-14)8-6(10)2-4-12-9(8)11/h2-5H,1H3,(H2,11,12). The molecule has 5 heteroatoms. The fourth-order valence-corrected chi connectivity index (χ4v) is 1.26. The normalized spacial score (nSPS) is 10.4. The van der Waals surface area contributed by atoms with E-state index in [1.807, 2.05) is 0 Å². The van der Waals surface area contributed by atoms with Crippen LogP contribution < -0.4 is 5.73 Å². The second kappa shape index (κ2) is 3.10. The first-order valence-electron chi connectivity index (χ1n) is 4.08. The SMILES string of the molecule is Cn1ccc(-c2c(F)ccnc2N)n1. The highest BCUT2D eigenvalue weighted by molar-refractivity contribution is 5.70. The lowest BCUT2D eigenvalue weighted by Gasteiger charge is -2.01. The Morgan fingerprint density at radius 2 is 2.21 bits per heavy atom. The summed E-state index contributed by atoms with van der Waals surface area (Å²) in [6.07, 6.45) is 3.05. The van der Waals surface area contributed by atoms with E-state index in [1.54, 1.807) is 24.0 Å². The second-order valence-corrected chi connectivity index (χ2v) is 2.93. The molecule has 72 valence electrons. The molecule has 0 unspecified atom stereocenters. The predicted molar refractivity (Wildman–Crippen MR) is 50.8 cm³/mol. The number of nitrogen functional groups attached to an aromatic ring is 1. The summed E-state index contributed by atoms with van der Waals surface area (Å²) in [7, 11) is 1.76. The van der Waals surface area contributed by atoms with Gasteiger partial charge in [0.1, 0.15) is 11.6 Å². The van der Waals surface area contributed by atoms with Gasteiger partial charge in [0.15, 0.2) is 0 Å². The first-order valence-corrected chi connectivity index (χ1v) is 4.08. The maximum atomic E-state index is 13.4. The Kier molecular flexibility index (Phi) is 1.92. The summed E-state index contributed by atoms with van der Waals surface area (Å²) >= 11 is 0. The van der Waals surface area contributed by atoms with E-state index < -0.39 is 5.82 Å². The summed E-state index contributed by atoms with van der Waals surface area (Å²) in [6, 6.07) is 2.96. The number of pyridine rings is 1. The van der Waals surface area contributed by atoms with Crippen molar-refractivity contribution < 1.29 is 4.39 Å². The van der Waals surface area contributed by atoms with Gasteiger partial charge in [0.25, 0.3) is 0 Å². The number of nitrogens with zero attached hydrogens (tertiary/aromatic N) is 3. The van der Waals surface area contributed by atoms with E-state index in [2.05, 4.69) is 10.1 Å². The first kappa shape index (κ1) is 8.68. The second-order valence-electron chi connectivity index (χ2n) is 2.93. The van der Waals surface area contributed by atoms with Crippen LogP contribution in [0.5, 0.6) is 0 Å². The van der Waals surface area contributed by atoms with Crippen LogP contribution in [-0.2, 0) is 7.05 Å². The summed E-state index contributed by atoms with van der Waals surface area (Å²) < 4.78 is 15.0. The van der Waals surface area contributed by atoms with E-state index in [1.165, 1.54) is 12.3 Å². The van der Waals surface area contributed by atoms with Gasteiger partial charge in [0.05, 0.1) is 11.3 Å². The highest BCUT2D eigenvalue weighted by atomic mass is 19.1. The van der Waals surface area contributed by atoms with E-state index in [9.17, 15) is 4.39 Å². The maximum Gasteiger partial charge on any atom is 0.137 e. The van der Waals surface area contributed by atoms with Gasteiger partial charge in [-0.25, -0.2) is 9.37 Å². The summed E-state index contributed by atoms with van der Waals surface area (Å²) in [6.45, 7) is 0. The number of nitrogens with two attached hydrogens (primary N) is 1. The van der Waals surface area contributed by atoms with Crippen molar-refractivity contribution in [3.8, 4) is 11.3 Å². The number of rotatable bonds is 1. The van der Waals surface area contributed by atoms with Gasteiger partial charge < -0.3 is 5.73 Å². The summed E-state index contributed by atoms with van der Waals surface area (Å²) in [5.74, 6) is -0.250. The van der Waals surface area contributed by atoms with Gasteiger partial charge in [-0.1, -0.05) is 0 Å². The Morgan fingerprint density at radius 3 is 2.79 bits per heavy atom. The van der Waals surface area contributed by atoms with Crippen LogP contribution in [-0.4, -0.2) is 14.8 Å². The number of halogens is 1. The fraction of sp³-hybridized carbons (Fsp3) is 0.111. The third-order valence-electron chi connectivity index (χ3n) is 1.90. The summed E-state index contributed by atoms with van der Waals surface area (Å²) in [5, 5.41) is 4.06. The molecule has 2 aromatic rings. The van der Waals surface area contributed by atoms with Gasteiger partial charge in [-0.05, 0) is 12.1 Å². The molecular weight excluding hydrogens is 183 g/mol. The molecule has 0 saturated carbocycles. The van der Waals surface area contributed by atoms with Gasteiger partial charge in [0.2, 0.25) is 0 Å². The number of anilines is 1. The zero-order valence-corrected chi connectivity index (χ0v) is 7.61. The molecule has 4 nitrogen and oxygen atoms in total. The maximum absolute atomic E-state index is 13.4. The average Bonchev–Trinajstić information content (AvgIpc) is 2.51. The van der Waals surface area contributed by atoms with Crippen molar-refractivity contribution >= 4 is 5.82 Å². The molecule has 0 aliphatic rings. The molecule has 0 atom stereocenters. The van der Waals surface area contributed by atoms with Crippen LogP contribution in [0.4, 0.5) is 10.2 Å². The molecule has 2 heterocycles. The predicted octanol–water partition coefficient (Wildman–Crippen LogP) is 1.20. The van der Waals surface area contributed by atoms with Crippen LogP contribution in [0.15, 0.2) is 24.5 Å². The molecule has 2 aromatic heterocycles. The van der Waals surface area contributed by atoms with Gasteiger partial charge in [0, 0.05) is 19.4 Å². The van der Waals surface area contributed by atoms with Gasteiger partial charge >= 0.3 is 0 Å². The molecule has 0 fully saturated rings. The van der Waals surface area contributed by atoms with Crippen molar-refractivity contribution in [2.45, 2.75) is 0 Å². The Labute approximate surface area is 80.2 Å². The Hall–Kier alpha value is -1.91. The molecule has 0 aromatic carbocycles. The van der Waals surface area contributed by atoms with Crippen molar-refractivity contribution in [1.82, 2.24) is 14.8 Å². The molecule has 2 N–H and O–H groups in total. The molecule has 0 amide bonds. The molecule has 0 radical (unpaired) electrons. The highest BCUT2D eigenvalue weighted by Crippen LogP contribution is 2.24. The zero-order chi connectivity index (χ0) is 10.1. The van der Waals surface area contributed by atoms with Crippen LogP contribution in [0.2, 0.25) is 0 Å². The minimum Gasteiger partial charge on any atom is -0.383 e.